The van der Waals surface area contributed by atoms with Crippen molar-refractivity contribution in [3.05, 3.63) is 76.2 Å². The van der Waals surface area contributed by atoms with Gasteiger partial charge in [-0.25, -0.2) is 4.79 Å². The molecular formula is C18H12N2O3. The first-order valence-electron chi connectivity index (χ1n) is 6.90. The minimum Gasteiger partial charge on any atom is -0.465 e. The summed E-state index contributed by atoms with van der Waals surface area (Å²) < 4.78 is 6.17. The summed E-state index contributed by atoms with van der Waals surface area (Å²) >= 11 is 0. The molecule has 0 N–H and O–H groups in total. The number of nitriles is 1. The van der Waals surface area contributed by atoms with Gasteiger partial charge in [-0.1, -0.05) is 36.4 Å². The van der Waals surface area contributed by atoms with Crippen LogP contribution < -0.4 is 5.56 Å². The number of rotatable bonds is 2. The van der Waals surface area contributed by atoms with E-state index in [1.807, 2.05) is 12.1 Å². The summed E-state index contributed by atoms with van der Waals surface area (Å²) in [6.07, 6.45) is 1.53. The topological polar surface area (TPSA) is 71.6 Å². The van der Waals surface area contributed by atoms with Crippen molar-refractivity contribution in [3.63, 3.8) is 0 Å². The lowest BCUT2D eigenvalue weighted by molar-refractivity contribution is 0.0603. The maximum absolute atomic E-state index is 12.6. The van der Waals surface area contributed by atoms with E-state index in [-0.39, 0.29) is 11.1 Å². The fraction of sp³-hybridized carbons (Fsp3) is 0.0556. The van der Waals surface area contributed by atoms with Crippen molar-refractivity contribution in [1.29, 1.82) is 5.26 Å². The highest BCUT2D eigenvalue weighted by atomic mass is 16.5. The van der Waals surface area contributed by atoms with Gasteiger partial charge in [0.15, 0.2) is 0 Å². The van der Waals surface area contributed by atoms with Crippen molar-refractivity contribution in [2.24, 2.45) is 0 Å². The van der Waals surface area contributed by atoms with Gasteiger partial charge in [-0.05, 0) is 17.7 Å². The average Bonchev–Trinajstić information content (AvgIpc) is 2.61. The van der Waals surface area contributed by atoms with E-state index >= 15 is 0 Å². The molecule has 0 spiro atoms. The Balaban J connectivity index is 2.58. The van der Waals surface area contributed by atoms with Gasteiger partial charge in [-0.3, -0.25) is 9.20 Å². The van der Waals surface area contributed by atoms with Crippen molar-refractivity contribution >= 4 is 11.5 Å². The van der Waals surface area contributed by atoms with Crippen LogP contribution in [0.25, 0.3) is 16.6 Å². The fourth-order valence-electron chi connectivity index (χ4n) is 2.61. The number of hydrogen-bond acceptors (Lipinski definition) is 4. The Hall–Kier alpha value is -3.39. The summed E-state index contributed by atoms with van der Waals surface area (Å²) in [5, 5.41) is 9.48. The van der Waals surface area contributed by atoms with Gasteiger partial charge in [0.2, 0.25) is 0 Å². The second kappa shape index (κ2) is 5.78. The number of ether oxygens (including phenoxy) is 1. The lowest BCUT2D eigenvalue weighted by atomic mass is 9.95. The number of carbonyl (C=O) groups excluding carboxylic acids is 1. The monoisotopic (exact) mass is 304 g/mol. The van der Waals surface area contributed by atoms with Crippen molar-refractivity contribution in [2.45, 2.75) is 0 Å². The normalized spacial score (nSPS) is 10.3. The van der Waals surface area contributed by atoms with Crippen LogP contribution in [0.4, 0.5) is 0 Å². The van der Waals surface area contributed by atoms with E-state index in [1.165, 1.54) is 17.7 Å². The van der Waals surface area contributed by atoms with Gasteiger partial charge >= 0.3 is 5.97 Å². The minimum atomic E-state index is -0.593. The Labute approximate surface area is 132 Å². The number of aromatic nitrogens is 1. The first-order chi connectivity index (χ1) is 11.2. The molecular weight excluding hydrogens is 292 g/mol. The van der Waals surface area contributed by atoms with Crippen molar-refractivity contribution < 1.29 is 9.53 Å². The minimum absolute atomic E-state index is 0.0831. The number of hydrogen-bond donors (Lipinski definition) is 0. The fourth-order valence-corrected chi connectivity index (χ4v) is 2.61. The number of esters is 1. The predicted molar refractivity (Wildman–Crippen MR) is 85.2 cm³/mol. The zero-order valence-electron chi connectivity index (χ0n) is 12.3. The Morgan fingerprint density at radius 3 is 2.48 bits per heavy atom. The van der Waals surface area contributed by atoms with Crippen LogP contribution in [0.2, 0.25) is 0 Å². The van der Waals surface area contributed by atoms with Gasteiger partial charge in [-0.2, -0.15) is 5.26 Å². The third kappa shape index (κ3) is 2.27. The van der Waals surface area contributed by atoms with E-state index in [1.54, 1.807) is 42.5 Å². The molecule has 1 aromatic carbocycles. The predicted octanol–water partition coefficient (Wildman–Crippen LogP) is 2.62. The average molecular weight is 304 g/mol. The van der Waals surface area contributed by atoms with E-state index in [9.17, 15) is 14.9 Å². The molecule has 0 aliphatic rings. The summed E-state index contributed by atoms with van der Waals surface area (Å²) in [5.41, 5.74) is 0.983. The summed E-state index contributed by atoms with van der Waals surface area (Å²) in [5.74, 6) is -0.593. The Morgan fingerprint density at radius 1 is 1.13 bits per heavy atom. The van der Waals surface area contributed by atoms with E-state index < -0.39 is 11.5 Å². The molecule has 0 unspecified atom stereocenters. The van der Waals surface area contributed by atoms with Gasteiger partial charge in [-0.15, -0.1) is 0 Å². The molecule has 2 heterocycles. The smallest absolute Gasteiger partial charge is 0.340 e. The third-order valence-electron chi connectivity index (χ3n) is 3.61. The van der Waals surface area contributed by atoms with Crippen LogP contribution in [-0.2, 0) is 4.74 Å². The van der Waals surface area contributed by atoms with Gasteiger partial charge in [0.05, 0.1) is 18.2 Å². The van der Waals surface area contributed by atoms with Crippen molar-refractivity contribution in [2.75, 3.05) is 7.11 Å². The highest BCUT2D eigenvalue weighted by Crippen LogP contribution is 2.29. The molecule has 3 rings (SSSR count). The molecule has 2 aromatic heterocycles. The standard InChI is InChI=1S/C18H12N2O3/c1-23-18(22)16-14-9-5-6-10-20(14)17(21)13(11-19)15(16)12-7-3-2-4-8-12/h2-10H,1H3. The second-order valence-electron chi connectivity index (χ2n) is 4.86. The Morgan fingerprint density at radius 2 is 1.83 bits per heavy atom. The third-order valence-corrected chi connectivity index (χ3v) is 3.61. The molecule has 3 aromatic rings. The van der Waals surface area contributed by atoms with Gasteiger partial charge in [0.25, 0.3) is 5.56 Å². The van der Waals surface area contributed by atoms with Crippen LogP contribution in [0.1, 0.15) is 15.9 Å². The van der Waals surface area contributed by atoms with Crippen molar-refractivity contribution in [1.82, 2.24) is 4.40 Å². The van der Waals surface area contributed by atoms with E-state index in [4.69, 9.17) is 4.74 Å². The Kier molecular flexibility index (Phi) is 3.65. The zero-order valence-corrected chi connectivity index (χ0v) is 12.3. The lowest BCUT2D eigenvalue weighted by Gasteiger charge is -2.13. The summed E-state index contributed by atoms with van der Waals surface area (Å²) in [6.45, 7) is 0. The van der Waals surface area contributed by atoms with Crippen LogP contribution in [0.3, 0.4) is 0 Å². The molecule has 5 heteroatoms. The zero-order chi connectivity index (χ0) is 16.4. The highest BCUT2D eigenvalue weighted by molar-refractivity contribution is 6.05. The molecule has 0 aliphatic heterocycles. The van der Waals surface area contributed by atoms with E-state index in [2.05, 4.69) is 0 Å². The number of fused-ring (bicyclic) bond motifs is 1. The van der Waals surface area contributed by atoms with Crippen molar-refractivity contribution in [3.8, 4) is 17.2 Å². The van der Waals surface area contributed by atoms with Gasteiger partial charge in [0, 0.05) is 11.8 Å². The largest absolute Gasteiger partial charge is 0.465 e. The number of methoxy groups -OCH3 is 1. The van der Waals surface area contributed by atoms with Crippen LogP contribution >= 0.6 is 0 Å². The van der Waals surface area contributed by atoms with Crippen LogP contribution in [0, 0.1) is 11.3 Å². The maximum atomic E-state index is 12.6. The first kappa shape index (κ1) is 14.5. The molecule has 0 bridgehead atoms. The molecule has 0 fully saturated rings. The van der Waals surface area contributed by atoms with Gasteiger partial charge < -0.3 is 4.74 Å². The second-order valence-corrected chi connectivity index (χ2v) is 4.86. The molecule has 23 heavy (non-hydrogen) atoms. The molecule has 0 saturated carbocycles. The quantitative estimate of drug-likeness (QED) is 0.682. The maximum Gasteiger partial charge on any atom is 0.340 e. The SMILES string of the molecule is COC(=O)c1c(-c2ccccc2)c(C#N)c(=O)n2ccccc12. The molecule has 0 amide bonds. The molecule has 0 radical (unpaired) electrons. The van der Waals surface area contributed by atoms with Crippen LogP contribution in [-0.4, -0.2) is 17.5 Å². The van der Waals surface area contributed by atoms with E-state index in [0.717, 1.165) is 0 Å². The number of carbonyl (C=O) groups is 1. The molecule has 5 nitrogen and oxygen atoms in total. The van der Waals surface area contributed by atoms with Crippen LogP contribution in [0.15, 0.2) is 59.5 Å². The lowest BCUT2D eigenvalue weighted by Crippen LogP contribution is -2.22. The summed E-state index contributed by atoms with van der Waals surface area (Å²) in [7, 11) is 1.27. The molecule has 0 aliphatic carbocycles. The molecule has 0 atom stereocenters. The van der Waals surface area contributed by atoms with Crippen LogP contribution in [0.5, 0.6) is 0 Å². The summed E-state index contributed by atoms with van der Waals surface area (Å²) in [6, 6.07) is 15.9. The number of benzene rings is 1. The van der Waals surface area contributed by atoms with E-state index in [0.29, 0.717) is 16.6 Å². The number of nitrogens with zero attached hydrogens (tertiary/aromatic N) is 2. The first-order valence-corrected chi connectivity index (χ1v) is 6.90. The highest BCUT2D eigenvalue weighted by Gasteiger charge is 2.24. The molecule has 112 valence electrons. The summed E-state index contributed by atoms with van der Waals surface area (Å²) in [4.78, 5) is 25.0. The number of pyridine rings is 2. The Bertz CT molecular complexity index is 998. The van der Waals surface area contributed by atoms with Gasteiger partial charge in [0.1, 0.15) is 11.6 Å². The molecule has 0 saturated heterocycles.